The summed E-state index contributed by atoms with van der Waals surface area (Å²) in [5, 5.41) is 6.13. The number of hydrogen-bond donors (Lipinski definition) is 3. The number of methoxy groups -OCH3 is 1. The maximum absolute atomic E-state index is 12.5. The maximum Gasteiger partial charge on any atom is 0.411 e. The van der Waals surface area contributed by atoms with E-state index in [9.17, 15) is 9.59 Å². The minimum atomic E-state index is -0.580. The second kappa shape index (κ2) is 10.7. The van der Waals surface area contributed by atoms with Crippen molar-refractivity contribution < 1.29 is 19.1 Å². The molecule has 2 aliphatic carbocycles. The third-order valence-corrected chi connectivity index (χ3v) is 7.53. The predicted octanol–water partition coefficient (Wildman–Crippen LogP) is 4.60. The standard InChI is InChI=1S/C30H33N3O4/c1-36-28(34)30(15-6-16-30)32-18-21(31)17-20-11-13-22(14-12-20)33-29(35)37-19-27-25-9-4-2-7-23(25)24-8-3-5-10-26(24)27/h2-5,7-14,21,27,32H,6,15-19,31H2,1H3,(H,33,35)/t21-/m0/s1. The summed E-state index contributed by atoms with van der Waals surface area (Å²) in [6.45, 7) is 0.793. The van der Waals surface area contributed by atoms with E-state index in [1.807, 2.05) is 48.5 Å². The highest BCUT2D eigenvalue weighted by molar-refractivity contribution is 5.85. The summed E-state index contributed by atoms with van der Waals surface area (Å²) in [5.41, 5.74) is 12.2. The van der Waals surface area contributed by atoms with Crippen molar-refractivity contribution in [2.24, 2.45) is 5.73 Å². The molecule has 1 amide bonds. The van der Waals surface area contributed by atoms with Crippen LogP contribution in [0.1, 0.15) is 41.9 Å². The van der Waals surface area contributed by atoms with Gasteiger partial charge in [-0.05, 0) is 65.6 Å². The highest BCUT2D eigenvalue weighted by Gasteiger charge is 2.45. The first-order valence-electron chi connectivity index (χ1n) is 12.8. The van der Waals surface area contributed by atoms with Crippen LogP contribution in [0.5, 0.6) is 0 Å². The number of hydrogen-bond acceptors (Lipinski definition) is 6. The van der Waals surface area contributed by atoms with Crippen LogP contribution in [0, 0.1) is 0 Å². The molecule has 1 atom stereocenters. The maximum atomic E-state index is 12.5. The molecule has 192 valence electrons. The molecule has 3 aromatic carbocycles. The molecular weight excluding hydrogens is 466 g/mol. The fourth-order valence-corrected chi connectivity index (χ4v) is 5.36. The van der Waals surface area contributed by atoms with Crippen molar-refractivity contribution in [1.82, 2.24) is 5.32 Å². The summed E-state index contributed by atoms with van der Waals surface area (Å²) in [4.78, 5) is 24.6. The van der Waals surface area contributed by atoms with Crippen molar-refractivity contribution in [3.63, 3.8) is 0 Å². The summed E-state index contributed by atoms with van der Waals surface area (Å²) in [6.07, 6.45) is 2.74. The Labute approximate surface area is 217 Å². The molecule has 0 bridgehead atoms. The number of nitrogens with one attached hydrogen (secondary N) is 2. The van der Waals surface area contributed by atoms with Crippen LogP contribution in [-0.2, 0) is 20.7 Å². The second-order valence-electron chi connectivity index (χ2n) is 9.92. The zero-order chi connectivity index (χ0) is 25.8. The van der Waals surface area contributed by atoms with Crippen LogP contribution >= 0.6 is 0 Å². The van der Waals surface area contributed by atoms with Crippen molar-refractivity contribution in [3.05, 3.63) is 89.5 Å². The van der Waals surface area contributed by atoms with E-state index in [-0.39, 0.29) is 24.5 Å². The van der Waals surface area contributed by atoms with E-state index in [0.29, 0.717) is 18.7 Å². The van der Waals surface area contributed by atoms with Crippen LogP contribution in [-0.4, -0.2) is 43.9 Å². The molecule has 7 nitrogen and oxygen atoms in total. The Morgan fingerprint density at radius 2 is 1.59 bits per heavy atom. The number of carbonyl (C=O) groups is 2. The molecule has 0 spiro atoms. The SMILES string of the molecule is COC(=O)C1(NC[C@@H](N)Cc2ccc(NC(=O)OCC3c4ccccc4-c4ccccc43)cc2)CCC1. The van der Waals surface area contributed by atoms with Crippen LogP contribution in [0.4, 0.5) is 10.5 Å². The number of amides is 1. The second-order valence-corrected chi connectivity index (χ2v) is 9.92. The van der Waals surface area contributed by atoms with E-state index in [1.165, 1.54) is 29.4 Å². The van der Waals surface area contributed by atoms with E-state index in [0.717, 1.165) is 24.8 Å². The van der Waals surface area contributed by atoms with Gasteiger partial charge in [0.25, 0.3) is 0 Å². The normalized spacial score (nSPS) is 16.2. The first-order valence-corrected chi connectivity index (χ1v) is 12.8. The summed E-state index contributed by atoms with van der Waals surface area (Å²) in [5.74, 6) is -0.191. The minimum Gasteiger partial charge on any atom is -0.468 e. The van der Waals surface area contributed by atoms with Gasteiger partial charge in [-0.3, -0.25) is 10.1 Å². The van der Waals surface area contributed by atoms with Gasteiger partial charge in [-0.25, -0.2) is 4.79 Å². The van der Waals surface area contributed by atoms with E-state index < -0.39 is 11.6 Å². The zero-order valence-electron chi connectivity index (χ0n) is 21.0. The molecule has 0 aliphatic heterocycles. The number of carbonyl (C=O) groups excluding carboxylic acids is 2. The molecule has 4 N–H and O–H groups in total. The Hall–Kier alpha value is -3.68. The number of nitrogens with two attached hydrogens (primary N) is 1. The van der Waals surface area contributed by atoms with E-state index in [1.54, 1.807) is 0 Å². The zero-order valence-corrected chi connectivity index (χ0v) is 21.0. The number of esters is 1. The van der Waals surface area contributed by atoms with E-state index in [2.05, 4.69) is 34.9 Å². The average molecular weight is 500 g/mol. The van der Waals surface area contributed by atoms with Gasteiger partial charge in [0, 0.05) is 24.2 Å². The smallest absolute Gasteiger partial charge is 0.411 e. The van der Waals surface area contributed by atoms with Gasteiger partial charge in [0.2, 0.25) is 0 Å². The molecule has 0 heterocycles. The van der Waals surface area contributed by atoms with Crippen LogP contribution in [0.2, 0.25) is 0 Å². The Morgan fingerprint density at radius 3 is 2.16 bits per heavy atom. The van der Waals surface area contributed by atoms with Gasteiger partial charge >= 0.3 is 12.1 Å². The fraction of sp³-hybridized carbons (Fsp3) is 0.333. The third kappa shape index (κ3) is 5.24. The molecule has 3 aromatic rings. The van der Waals surface area contributed by atoms with Crippen molar-refractivity contribution in [3.8, 4) is 11.1 Å². The van der Waals surface area contributed by atoms with Gasteiger partial charge < -0.3 is 20.5 Å². The Balaban J connectivity index is 1.11. The van der Waals surface area contributed by atoms with Gasteiger partial charge in [-0.2, -0.15) is 0 Å². The Bertz CT molecular complexity index is 1220. The molecule has 7 heteroatoms. The Morgan fingerprint density at radius 1 is 0.973 bits per heavy atom. The first-order chi connectivity index (χ1) is 18.0. The quantitative estimate of drug-likeness (QED) is 0.372. The lowest BCUT2D eigenvalue weighted by Crippen LogP contribution is -2.60. The molecule has 0 unspecified atom stereocenters. The number of ether oxygens (including phenoxy) is 2. The van der Waals surface area contributed by atoms with Gasteiger partial charge in [0.15, 0.2) is 0 Å². The van der Waals surface area contributed by atoms with Crippen LogP contribution < -0.4 is 16.4 Å². The first kappa shape index (κ1) is 25.0. The summed E-state index contributed by atoms with van der Waals surface area (Å²) in [7, 11) is 1.42. The Kier molecular flexibility index (Phi) is 7.26. The van der Waals surface area contributed by atoms with E-state index in [4.69, 9.17) is 15.2 Å². The van der Waals surface area contributed by atoms with Gasteiger partial charge in [-0.15, -0.1) is 0 Å². The summed E-state index contributed by atoms with van der Waals surface area (Å²) >= 11 is 0. The molecule has 0 aromatic heterocycles. The van der Waals surface area contributed by atoms with Gasteiger partial charge in [-0.1, -0.05) is 60.7 Å². The monoisotopic (exact) mass is 499 g/mol. The van der Waals surface area contributed by atoms with Gasteiger partial charge in [0.05, 0.1) is 7.11 Å². The van der Waals surface area contributed by atoms with Crippen molar-refractivity contribution in [2.45, 2.75) is 43.2 Å². The molecule has 2 aliphatic rings. The molecular formula is C30H33N3O4. The van der Waals surface area contributed by atoms with Crippen LogP contribution in [0.25, 0.3) is 11.1 Å². The van der Waals surface area contributed by atoms with Crippen LogP contribution in [0.15, 0.2) is 72.8 Å². The molecule has 0 radical (unpaired) electrons. The van der Waals surface area contributed by atoms with Crippen molar-refractivity contribution in [1.29, 1.82) is 0 Å². The van der Waals surface area contributed by atoms with Crippen molar-refractivity contribution in [2.75, 3.05) is 25.6 Å². The number of benzene rings is 3. The predicted molar refractivity (Wildman–Crippen MR) is 143 cm³/mol. The largest absolute Gasteiger partial charge is 0.468 e. The summed E-state index contributed by atoms with van der Waals surface area (Å²) in [6, 6.07) is 24.0. The lowest BCUT2D eigenvalue weighted by Gasteiger charge is -2.40. The number of rotatable bonds is 9. The molecule has 5 rings (SSSR count). The highest BCUT2D eigenvalue weighted by atomic mass is 16.5. The van der Waals surface area contributed by atoms with Crippen LogP contribution in [0.3, 0.4) is 0 Å². The highest BCUT2D eigenvalue weighted by Crippen LogP contribution is 2.44. The third-order valence-electron chi connectivity index (χ3n) is 7.53. The van der Waals surface area contributed by atoms with Crippen molar-refractivity contribution >= 4 is 17.7 Å². The summed E-state index contributed by atoms with van der Waals surface area (Å²) < 4.78 is 10.6. The number of anilines is 1. The molecule has 1 fully saturated rings. The molecule has 0 saturated heterocycles. The number of fused-ring (bicyclic) bond motifs is 3. The fourth-order valence-electron chi connectivity index (χ4n) is 5.36. The minimum absolute atomic E-state index is 0.0221. The lowest BCUT2D eigenvalue weighted by molar-refractivity contribution is -0.152. The average Bonchev–Trinajstić information content (AvgIpc) is 3.21. The molecule has 37 heavy (non-hydrogen) atoms. The topological polar surface area (TPSA) is 103 Å². The van der Waals surface area contributed by atoms with Gasteiger partial charge in [0.1, 0.15) is 12.1 Å². The van der Waals surface area contributed by atoms with E-state index >= 15 is 0 Å². The lowest BCUT2D eigenvalue weighted by atomic mass is 9.76. The molecule has 1 saturated carbocycles.